The van der Waals surface area contributed by atoms with Crippen molar-refractivity contribution in [2.75, 3.05) is 11.9 Å². The second kappa shape index (κ2) is 4.88. The number of anilines is 1. The zero-order chi connectivity index (χ0) is 13.2. The molecule has 2 rings (SSSR count). The molecule has 0 aromatic heterocycles. The molecule has 1 aromatic rings. The number of amidine groups is 1. The van der Waals surface area contributed by atoms with E-state index in [9.17, 15) is 0 Å². The largest absolute Gasteiger partial charge is 0.409 e. The van der Waals surface area contributed by atoms with Crippen molar-refractivity contribution in [2.24, 2.45) is 16.3 Å². The smallest absolute Gasteiger partial charge is 0.139 e. The minimum atomic E-state index is 0.188. The van der Waals surface area contributed by atoms with Gasteiger partial charge in [-0.05, 0) is 55.4 Å². The van der Waals surface area contributed by atoms with Crippen LogP contribution < -0.4 is 11.1 Å². The van der Waals surface area contributed by atoms with Crippen LogP contribution in [-0.4, -0.2) is 17.6 Å². The summed E-state index contributed by atoms with van der Waals surface area (Å²) in [5.74, 6) is 0.328. The highest BCUT2D eigenvalue weighted by Gasteiger charge is 2.43. The number of nitrogens with two attached hydrogens (primary N) is 1. The minimum Gasteiger partial charge on any atom is -0.409 e. The van der Waals surface area contributed by atoms with Gasteiger partial charge < -0.3 is 16.3 Å². The quantitative estimate of drug-likeness (QED) is 0.324. The summed E-state index contributed by atoms with van der Waals surface area (Å²) in [6.45, 7) is 5.08. The van der Waals surface area contributed by atoms with Gasteiger partial charge >= 0.3 is 0 Å². The zero-order valence-corrected chi connectivity index (χ0v) is 11.0. The first-order chi connectivity index (χ1) is 8.53. The summed E-state index contributed by atoms with van der Waals surface area (Å²) < 4.78 is 0. The number of aryl methyl sites for hydroxylation is 2. The second-order valence-electron chi connectivity index (χ2n) is 5.50. The SMILES string of the molecule is Cc1cc(C)cc(NCC2(CC(N)=NO)CC2)c1. The van der Waals surface area contributed by atoms with Gasteiger partial charge in [0.1, 0.15) is 5.84 Å². The average Bonchev–Trinajstić information content (AvgIpc) is 3.05. The van der Waals surface area contributed by atoms with Crippen LogP contribution in [0, 0.1) is 19.3 Å². The van der Waals surface area contributed by atoms with Gasteiger partial charge in [0, 0.05) is 18.7 Å². The van der Waals surface area contributed by atoms with Gasteiger partial charge in [0.2, 0.25) is 0 Å². The molecule has 0 bridgehead atoms. The molecule has 0 amide bonds. The predicted octanol–water partition coefficient (Wildman–Crippen LogP) is 2.63. The van der Waals surface area contributed by atoms with Gasteiger partial charge in [-0.1, -0.05) is 11.2 Å². The summed E-state index contributed by atoms with van der Waals surface area (Å²) in [6, 6.07) is 6.45. The number of rotatable bonds is 5. The molecular formula is C14H21N3O. The monoisotopic (exact) mass is 247 g/mol. The lowest BCUT2D eigenvalue weighted by molar-refractivity contribution is 0.315. The van der Waals surface area contributed by atoms with Crippen LogP contribution in [0.25, 0.3) is 0 Å². The number of oxime groups is 1. The molecule has 98 valence electrons. The molecule has 0 atom stereocenters. The Labute approximate surface area is 108 Å². The van der Waals surface area contributed by atoms with Gasteiger partial charge in [-0.15, -0.1) is 0 Å². The van der Waals surface area contributed by atoms with Crippen molar-refractivity contribution in [3.8, 4) is 0 Å². The van der Waals surface area contributed by atoms with Crippen molar-refractivity contribution in [3.05, 3.63) is 29.3 Å². The Hall–Kier alpha value is -1.71. The predicted molar refractivity (Wildman–Crippen MR) is 74.1 cm³/mol. The number of benzene rings is 1. The average molecular weight is 247 g/mol. The number of hydrogen-bond acceptors (Lipinski definition) is 3. The summed E-state index contributed by atoms with van der Waals surface area (Å²) in [4.78, 5) is 0. The molecular weight excluding hydrogens is 226 g/mol. The molecule has 1 aliphatic rings. The summed E-state index contributed by atoms with van der Waals surface area (Å²) in [5, 5.41) is 15.2. The molecule has 0 unspecified atom stereocenters. The van der Waals surface area contributed by atoms with Gasteiger partial charge in [0.25, 0.3) is 0 Å². The van der Waals surface area contributed by atoms with Crippen molar-refractivity contribution in [1.29, 1.82) is 0 Å². The minimum absolute atomic E-state index is 0.188. The van der Waals surface area contributed by atoms with Crippen molar-refractivity contribution < 1.29 is 5.21 Å². The summed E-state index contributed by atoms with van der Waals surface area (Å²) in [6.07, 6.45) is 2.95. The van der Waals surface area contributed by atoms with Crippen LogP contribution in [0.4, 0.5) is 5.69 Å². The fraction of sp³-hybridized carbons (Fsp3) is 0.500. The van der Waals surface area contributed by atoms with E-state index in [1.54, 1.807) is 0 Å². The van der Waals surface area contributed by atoms with Crippen LogP contribution in [0.1, 0.15) is 30.4 Å². The van der Waals surface area contributed by atoms with E-state index in [4.69, 9.17) is 10.9 Å². The summed E-state index contributed by atoms with van der Waals surface area (Å²) in [7, 11) is 0. The lowest BCUT2D eigenvalue weighted by Gasteiger charge is -2.16. The highest BCUT2D eigenvalue weighted by Crippen LogP contribution is 2.48. The van der Waals surface area contributed by atoms with Gasteiger partial charge in [0.05, 0.1) is 0 Å². The zero-order valence-electron chi connectivity index (χ0n) is 11.0. The van der Waals surface area contributed by atoms with Gasteiger partial charge in [-0.2, -0.15) is 0 Å². The first-order valence-electron chi connectivity index (χ1n) is 6.32. The molecule has 1 saturated carbocycles. The van der Waals surface area contributed by atoms with Gasteiger partial charge in [-0.25, -0.2) is 0 Å². The Kier molecular flexibility index (Phi) is 3.45. The first kappa shape index (κ1) is 12.7. The van der Waals surface area contributed by atoms with Crippen LogP contribution >= 0.6 is 0 Å². The van der Waals surface area contributed by atoms with Gasteiger partial charge in [-0.3, -0.25) is 0 Å². The molecule has 0 heterocycles. The van der Waals surface area contributed by atoms with Crippen LogP contribution in [0.2, 0.25) is 0 Å². The Morgan fingerprint density at radius 1 is 1.33 bits per heavy atom. The number of nitrogens with zero attached hydrogens (tertiary/aromatic N) is 1. The number of hydrogen-bond donors (Lipinski definition) is 3. The third-order valence-electron chi connectivity index (χ3n) is 3.53. The van der Waals surface area contributed by atoms with Crippen molar-refractivity contribution in [3.63, 3.8) is 0 Å². The highest BCUT2D eigenvalue weighted by molar-refractivity contribution is 5.80. The molecule has 4 heteroatoms. The van der Waals surface area contributed by atoms with Crippen LogP contribution in [-0.2, 0) is 0 Å². The molecule has 0 radical (unpaired) electrons. The standard InChI is InChI=1S/C14H21N3O/c1-10-5-11(2)7-12(6-10)16-9-14(3-4-14)8-13(15)17-18/h5-7,16,18H,3-4,8-9H2,1-2H3,(H2,15,17). The molecule has 18 heavy (non-hydrogen) atoms. The first-order valence-corrected chi connectivity index (χ1v) is 6.32. The maximum absolute atomic E-state index is 8.63. The van der Waals surface area contributed by atoms with E-state index in [2.05, 4.69) is 42.5 Å². The summed E-state index contributed by atoms with van der Waals surface area (Å²) in [5.41, 5.74) is 9.45. The van der Waals surface area contributed by atoms with E-state index in [-0.39, 0.29) is 5.41 Å². The third-order valence-corrected chi connectivity index (χ3v) is 3.53. The Morgan fingerprint density at radius 3 is 2.44 bits per heavy atom. The van der Waals surface area contributed by atoms with E-state index in [1.807, 2.05) is 0 Å². The molecule has 0 spiro atoms. The fourth-order valence-electron chi connectivity index (χ4n) is 2.38. The Balaban J connectivity index is 1.95. The van der Waals surface area contributed by atoms with E-state index < -0.39 is 0 Å². The normalized spacial score (nSPS) is 17.6. The Morgan fingerprint density at radius 2 is 1.94 bits per heavy atom. The highest BCUT2D eigenvalue weighted by atomic mass is 16.4. The lowest BCUT2D eigenvalue weighted by atomic mass is 10.0. The molecule has 1 aliphatic carbocycles. The van der Waals surface area contributed by atoms with E-state index >= 15 is 0 Å². The van der Waals surface area contributed by atoms with Crippen molar-refractivity contribution in [1.82, 2.24) is 0 Å². The topological polar surface area (TPSA) is 70.6 Å². The Bertz CT molecular complexity index is 444. The fourth-order valence-corrected chi connectivity index (χ4v) is 2.38. The molecule has 0 saturated heterocycles. The lowest BCUT2D eigenvalue weighted by Crippen LogP contribution is -2.23. The molecule has 4 N–H and O–H groups in total. The maximum atomic E-state index is 8.63. The molecule has 0 aliphatic heterocycles. The third kappa shape index (κ3) is 3.15. The second-order valence-corrected chi connectivity index (χ2v) is 5.50. The molecule has 4 nitrogen and oxygen atoms in total. The maximum Gasteiger partial charge on any atom is 0.139 e. The van der Waals surface area contributed by atoms with E-state index in [0.717, 1.165) is 25.1 Å². The summed E-state index contributed by atoms with van der Waals surface area (Å²) >= 11 is 0. The van der Waals surface area contributed by atoms with Crippen LogP contribution in [0.5, 0.6) is 0 Å². The van der Waals surface area contributed by atoms with E-state index in [0.29, 0.717) is 12.3 Å². The number of nitrogens with one attached hydrogen (secondary N) is 1. The molecule has 1 fully saturated rings. The van der Waals surface area contributed by atoms with Crippen molar-refractivity contribution in [2.45, 2.75) is 33.1 Å². The van der Waals surface area contributed by atoms with Gasteiger partial charge in [0.15, 0.2) is 0 Å². The van der Waals surface area contributed by atoms with Crippen LogP contribution in [0.15, 0.2) is 23.4 Å². The van der Waals surface area contributed by atoms with Crippen LogP contribution in [0.3, 0.4) is 0 Å². The van der Waals surface area contributed by atoms with E-state index in [1.165, 1.54) is 11.1 Å². The molecule has 1 aromatic carbocycles. The van der Waals surface area contributed by atoms with Crippen molar-refractivity contribution >= 4 is 11.5 Å².